The van der Waals surface area contributed by atoms with Gasteiger partial charge in [-0.3, -0.25) is 4.79 Å². The molecule has 0 bridgehead atoms. The lowest BCUT2D eigenvalue weighted by atomic mass is 9.79. The van der Waals surface area contributed by atoms with Crippen molar-refractivity contribution in [2.75, 3.05) is 6.16 Å². The highest BCUT2D eigenvalue weighted by Gasteiger charge is 2.49. The molecule has 3 aromatic rings. The number of nitrogens with zero attached hydrogens (tertiary/aromatic N) is 1. The number of amides is 1. The maximum absolute atomic E-state index is 14.0. The maximum atomic E-state index is 14.0. The number of carbonyl (C=O) groups excluding carboxylic acids is 1. The molecule has 0 unspecified atom stereocenters. The van der Waals surface area contributed by atoms with Crippen LogP contribution < -0.4 is 21.2 Å². The van der Waals surface area contributed by atoms with Crippen LogP contribution in [-0.4, -0.2) is 39.5 Å². The molecule has 0 atom stereocenters. The molecule has 3 aromatic carbocycles. The van der Waals surface area contributed by atoms with Gasteiger partial charge in [-0.2, -0.15) is 5.06 Å². The normalized spacial score (nSPS) is 17.9. The number of carbonyl (C=O) groups is 1. The molecule has 0 aliphatic carbocycles. The van der Waals surface area contributed by atoms with E-state index in [1.807, 2.05) is 27.7 Å². The number of hydrogen-bond donors (Lipinski definition) is 2. The van der Waals surface area contributed by atoms with E-state index in [2.05, 4.69) is 98.9 Å². The molecule has 5 heteroatoms. The first kappa shape index (κ1) is 27.5. The zero-order valence-electron chi connectivity index (χ0n) is 23.4. The first-order chi connectivity index (χ1) is 17.3. The van der Waals surface area contributed by atoms with Gasteiger partial charge in [0, 0.05) is 17.1 Å². The van der Waals surface area contributed by atoms with E-state index in [1.54, 1.807) is 0 Å². The van der Waals surface area contributed by atoms with Gasteiger partial charge in [0.05, 0.1) is 0 Å². The minimum absolute atomic E-state index is 0.00291. The highest BCUT2D eigenvalue weighted by molar-refractivity contribution is 7.96. The summed E-state index contributed by atoms with van der Waals surface area (Å²) in [4.78, 5) is 14.0. The lowest BCUT2D eigenvalue weighted by Crippen LogP contribution is -2.63. The van der Waals surface area contributed by atoms with Crippen LogP contribution in [0.25, 0.3) is 0 Å². The zero-order chi connectivity index (χ0) is 27.0. The topological polar surface area (TPSA) is 52.6 Å². The van der Waals surface area contributed by atoms with Crippen LogP contribution in [0.3, 0.4) is 0 Å². The molecule has 196 valence electrons. The SMILES string of the molecule is Cc1ccc([P+](CC(=O)NC2CC(C)(C)N(O)C(C)(C)C2)(c2ccc(C)cc2)c2ccc(C)cc2)cc1. The summed E-state index contributed by atoms with van der Waals surface area (Å²) in [6.45, 7) is 14.5. The predicted octanol–water partition coefficient (Wildman–Crippen LogP) is 5.43. The Balaban J connectivity index is 1.79. The average Bonchev–Trinajstić information content (AvgIpc) is 2.82. The van der Waals surface area contributed by atoms with E-state index in [4.69, 9.17) is 0 Å². The molecule has 4 nitrogen and oxygen atoms in total. The van der Waals surface area contributed by atoms with E-state index in [-0.39, 0.29) is 11.9 Å². The summed E-state index contributed by atoms with van der Waals surface area (Å²) in [5.41, 5.74) is 2.78. The third kappa shape index (κ3) is 5.67. The lowest BCUT2D eigenvalue weighted by molar-refractivity contribution is -0.246. The predicted molar refractivity (Wildman–Crippen MR) is 157 cm³/mol. The van der Waals surface area contributed by atoms with Crippen LogP contribution >= 0.6 is 7.26 Å². The minimum atomic E-state index is -2.28. The second kappa shape index (κ2) is 10.3. The Labute approximate surface area is 223 Å². The van der Waals surface area contributed by atoms with Crippen molar-refractivity contribution in [1.29, 1.82) is 0 Å². The molecule has 1 saturated heterocycles. The molecule has 1 amide bonds. The minimum Gasteiger partial charge on any atom is -0.350 e. The Morgan fingerprint density at radius 2 is 1.08 bits per heavy atom. The van der Waals surface area contributed by atoms with Gasteiger partial charge in [-0.1, -0.05) is 53.1 Å². The summed E-state index contributed by atoms with van der Waals surface area (Å²) in [5.74, 6) is 0.0676. The summed E-state index contributed by atoms with van der Waals surface area (Å²) < 4.78 is 0. The summed E-state index contributed by atoms with van der Waals surface area (Å²) in [5, 5.41) is 19.2. The molecule has 2 N–H and O–H groups in total. The van der Waals surface area contributed by atoms with Crippen LogP contribution in [0.2, 0.25) is 0 Å². The zero-order valence-corrected chi connectivity index (χ0v) is 24.3. The van der Waals surface area contributed by atoms with Gasteiger partial charge in [0.2, 0.25) is 0 Å². The summed E-state index contributed by atoms with van der Waals surface area (Å²) in [6.07, 6.45) is 1.80. The molecule has 37 heavy (non-hydrogen) atoms. The molecule has 1 aliphatic heterocycles. The fourth-order valence-electron chi connectivity index (χ4n) is 5.98. The first-order valence-electron chi connectivity index (χ1n) is 13.2. The monoisotopic (exact) mass is 517 g/mol. The van der Waals surface area contributed by atoms with Gasteiger partial charge in [0.1, 0.15) is 23.2 Å². The van der Waals surface area contributed by atoms with Gasteiger partial charge in [0.25, 0.3) is 5.91 Å². The van der Waals surface area contributed by atoms with E-state index >= 15 is 0 Å². The molecule has 1 aliphatic rings. The highest BCUT2D eigenvalue weighted by atomic mass is 31.2. The lowest BCUT2D eigenvalue weighted by Gasteiger charge is -2.51. The standard InChI is InChI=1S/C32H41N2O2P/c1-23-8-14-27(15-9-23)37(28-16-10-24(2)11-17-28,29-18-12-25(3)13-19-29)22-30(35)33-26-20-31(4,5)34(36)32(6,7)21-26/h8-19,26,36H,20-22H2,1-7H3/p+1. The number of piperidine rings is 1. The van der Waals surface area contributed by atoms with Crippen molar-refractivity contribution in [3.8, 4) is 0 Å². The Bertz CT molecular complexity index is 1100. The summed E-state index contributed by atoms with van der Waals surface area (Å²) in [6, 6.07) is 26.2. The van der Waals surface area contributed by atoms with Crippen molar-refractivity contribution in [3.05, 3.63) is 89.5 Å². The highest BCUT2D eigenvalue weighted by Crippen LogP contribution is 2.55. The number of hydroxylamine groups is 2. The number of nitrogens with one attached hydrogen (secondary N) is 1. The maximum Gasteiger partial charge on any atom is 0.259 e. The van der Waals surface area contributed by atoms with Gasteiger partial charge in [-0.25, -0.2) is 0 Å². The van der Waals surface area contributed by atoms with Crippen molar-refractivity contribution in [3.63, 3.8) is 0 Å². The number of rotatable bonds is 6. The van der Waals surface area contributed by atoms with Crippen LogP contribution in [0.1, 0.15) is 57.2 Å². The van der Waals surface area contributed by atoms with Crippen molar-refractivity contribution in [2.45, 2.75) is 78.4 Å². The molecule has 0 aromatic heterocycles. The Hall–Kier alpha value is -2.52. The molecule has 1 fully saturated rings. The molecule has 0 saturated carbocycles. The van der Waals surface area contributed by atoms with Gasteiger partial charge < -0.3 is 10.5 Å². The Kier molecular flexibility index (Phi) is 7.68. The van der Waals surface area contributed by atoms with Crippen LogP contribution in [0.5, 0.6) is 0 Å². The van der Waals surface area contributed by atoms with Crippen LogP contribution in [0.4, 0.5) is 0 Å². The number of hydrogen-bond acceptors (Lipinski definition) is 3. The van der Waals surface area contributed by atoms with Gasteiger partial charge in [-0.15, -0.1) is 0 Å². The molecular weight excluding hydrogens is 475 g/mol. The number of benzene rings is 3. The quantitative estimate of drug-likeness (QED) is 0.429. The summed E-state index contributed by atoms with van der Waals surface area (Å²) >= 11 is 0. The molecular formula is C32H42N2O2P+. The molecule has 1 heterocycles. The molecule has 0 radical (unpaired) electrons. The molecule has 4 rings (SSSR count). The fourth-order valence-corrected chi connectivity index (χ4v) is 9.92. The smallest absolute Gasteiger partial charge is 0.259 e. The second-order valence-corrected chi connectivity index (χ2v) is 15.6. The Morgan fingerprint density at radius 3 is 1.41 bits per heavy atom. The van der Waals surface area contributed by atoms with Gasteiger partial charge >= 0.3 is 0 Å². The van der Waals surface area contributed by atoms with Crippen molar-refractivity contribution < 1.29 is 10.0 Å². The van der Waals surface area contributed by atoms with Gasteiger partial charge in [0.15, 0.2) is 6.16 Å². The van der Waals surface area contributed by atoms with Crippen molar-refractivity contribution in [2.24, 2.45) is 0 Å². The van der Waals surface area contributed by atoms with E-state index in [0.29, 0.717) is 19.0 Å². The third-order valence-corrected chi connectivity index (χ3v) is 12.1. The van der Waals surface area contributed by atoms with Crippen LogP contribution in [0.15, 0.2) is 72.8 Å². The molecule has 0 spiro atoms. The van der Waals surface area contributed by atoms with Crippen LogP contribution in [0, 0.1) is 20.8 Å². The Morgan fingerprint density at radius 1 is 0.757 bits per heavy atom. The van der Waals surface area contributed by atoms with E-state index in [0.717, 1.165) is 0 Å². The third-order valence-electron chi connectivity index (χ3n) is 7.81. The van der Waals surface area contributed by atoms with Crippen LogP contribution in [-0.2, 0) is 4.79 Å². The van der Waals surface area contributed by atoms with E-state index in [9.17, 15) is 10.0 Å². The second-order valence-electron chi connectivity index (χ2n) is 12.1. The average molecular weight is 518 g/mol. The van der Waals surface area contributed by atoms with Crippen molar-refractivity contribution >= 4 is 29.1 Å². The van der Waals surface area contributed by atoms with Crippen molar-refractivity contribution in [1.82, 2.24) is 10.4 Å². The summed E-state index contributed by atoms with van der Waals surface area (Å²) in [7, 11) is -2.28. The van der Waals surface area contributed by atoms with E-state index < -0.39 is 18.3 Å². The largest absolute Gasteiger partial charge is 0.350 e. The van der Waals surface area contributed by atoms with Gasteiger partial charge in [-0.05, 0) is 97.7 Å². The fraction of sp³-hybridized carbons (Fsp3) is 0.406. The number of aryl methyl sites for hydroxylation is 3. The van der Waals surface area contributed by atoms with E-state index in [1.165, 1.54) is 37.7 Å². The first-order valence-corrected chi connectivity index (χ1v) is 15.2.